The van der Waals surface area contributed by atoms with Crippen molar-refractivity contribution in [3.05, 3.63) is 53.3 Å². The summed E-state index contributed by atoms with van der Waals surface area (Å²) in [5.74, 6) is 0.585. The largest absolute Gasteiger partial charge is 0.354 e. The molecule has 0 bridgehead atoms. The summed E-state index contributed by atoms with van der Waals surface area (Å²) in [5, 5.41) is 6.03. The number of amides is 1. The number of aryl methyl sites for hydroxylation is 2. The average Bonchev–Trinajstić information content (AvgIpc) is 2.47. The molecule has 5 heteroatoms. The Balaban J connectivity index is 1.72. The second-order valence-corrected chi connectivity index (χ2v) is 4.93. The predicted molar refractivity (Wildman–Crippen MR) is 83.4 cm³/mol. The lowest BCUT2D eigenvalue weighted by molar-refractivity contribution is 0.0953. The number of nitrogens with one attached hydrogen (secondary N) is 2. The van der Waals surface area contributed by atoms with Gasteiger partial charge in [0.15, 0.2) is 0 Å². The first-order chi connectivity index (χ1) is 10.2. The highest BCUT2D eigenvalue weighted by molar-refractivity contribution is 5.95. The summed E-state index contributed by atoms with van der Waals surface area (Å²) >= 11 is 0. The maximum absolute atomic E-state index is 12.1. The predicted octanol–water partition coefficient (Wildman–Crippen LogP) is 2.33. The molecule has 0 spiro atoms. The van der Waals surface area contributed by atoms with Gasteiger partial charge in [0.1, 0.15) is 0 Å². The Bertz CT molecular complexity index is 598. The monoisotopic (exact) mass is 284 g/mol. The van der Waals surface area contributed by atoms with Gasteiger partial charge in [-0.25, -0.2) is 9.97 Å². The lowest BCUT2D eigenvalue weighted by Crippen LogP contribution is -2.26. The van der Waals surface area contributed by atoms with Crippen LogP contribution in [0.1, 0.15) is 27.9 Å². The summed E-state index contributed by atoms with van der Waals surface area (Å²) in [6, 6.07) is 7.62. The quantitative estimate of drug-likeness (QED) is 0.799. The van der Waals surface area contributed by atoms with Crippen molar-refractivity contribution in [3.63, 3.8) is 0 Å². The number of nitrogens with zero attached hydrogens (tertiary/aromatic N) is 2. The Morgan fingerprint density at radius 1 is 1.14 bits per heavy atom. The lowest BCUT2D eigenvalue weighted by Gasteiger charge is -2.09. The van der Waals surface area contributed by atoms with Gasteiger partial charge in [0, 0.05) is 31.0 Å². The Morgan fingerprint density at radius 2 is 1.90 bits per heavy atom. The third-order valence-corrected chi connectivity index (χ3v) is 3.11. The van der Waals surface area contributed by atoms with E-state index in [2.05, 4.69) is 20.6 Å². The fourth-order valence-corrected chi connectivity index (χ4v) is 2.04. The molecular formula is C16H20N4O. The smallest absolute Gasteiger partial charge is 0.251 e. The summed E-state index contributed by atoms with van der Waals surface area (Å²) in [5.41, 5.74) is 2.90. The lowest BCUT2D eigenvalue weighted by atomic mass is 10.1. The van der Waals surface area contributed by atoms with Crippen molar-refractivity contribution in [2.24, 2.45) is 0 Å². The molecule has 2 rings (SSSR count). The van der Waals surface area contributed by atoms with E-state index in [1.807, 2.05) is 32.0 Å². The van der Waals surface area contributed by atoms with Crippen molar-refractivity contribution >= 4 is 11.9 Å². The van der Waals surface area contributed by atoms with Crippen molar-refractivity contribution in [1.29, 1.82) is 0 Å². The summed E-state index contributed by atoms with van der Waals surface area (Å²) in [4.78, 5) is 20.2. The molecule has 1 amide bonds. The van der Waals surface area contributed by atoms with Gasteiger partial charge in [-0.15, -0.1) is 0 Å². The number of carbonyl (C=O) groups excluding carboxylic acids is 1. The summed E-state index contributed by atoms with van der Waals surface area (Å²) in [7, 11) is 0. The number of aromatic nitrogens is 2. The first-order valence-electron chi connectivity index (χ1n) is 7.03. The third-order valence-electron chi connectivity index (χ3n) is 3.11. The van der Waals surface area contributed by atoms with E-state index in [-0.39, 0.29) is 5.91 Å². The highest BCUT2D eigenvalue weighted by Gasteiger charge is 2.07. The highest BCUT2D eigenvalue weighted by Crippen LogP contribution is 2.10. The molecular weight excluding hydrogens is 264 g/mol. The molecule has 110 valence electrons. The maximum atomic E-state index is 12.1. The van der Waals surface area contributed by atoms with Crippen LogP contribution < -0.4 is 10.6 Å². The summed E-state index contributed by atoms with van der Waals surface area (Å²) in [6.07, 6.45) is 4.20. The standard InChI is InChI=1S/C16H20N4O/c1-12-5-6-14(13(2)11-12)15(21)17-7-3-8-18-16-19-9-4-10-20-16/h4-6,9-11H,3,7-8H2,1-2H3,(H,17,21)(H,18,19,20). The topological polar surface area (TPSA) is 66.9 Å². The second kappa shape index (κ2) is 7.38. The highest BCUT2D eigenvalue weighted by atomic mass is 16.1. The van der Waals surface area contributed by atoms with Crippen LogP contribution in [0.5, 0.6) is 0 Å². The van der Waals surface area contributed by atoms with Crippen molar-refractivity contribution in [1.82, 2.24) is 15.3 Å². The minimum Gasteiger partial charge on any atom is -0.354 e. The van der Waals surface area contributed by atoms with Crippen molar-refractivity contribution in [2.75, 3.05) is 18.4 Å². The Morgan fingerprint density at radius 3 is 2.62 bits per heavy atom. The molecule has 0 aliphatic carbocycles. The number of hydrogen-bond donors (Lipinski definition) is 2. The molecule has 5 nitrogen and oxygen atoms in total. The molecule has 0 atom stereocenters. The number of anilines is 1. The Labute approximate surface area is 124 Å². The van der Waals surface area contributed by atoms with Crippen molar-refractivity contribution < 1.29 is 4.79 Å². The molecule has 0 unspecified atom stereocenters. The van der Waals surface area contributed by atoms with Gasteiger partial charge in [0.2, 0.25) is 5.95 Å². The minimum atomic E-state index is -0.0246. The molecule has 1 heterocycles. The molecule has 1 aromatic carbocycles. The first kappa shape index (κ1) is 15.0. The van der Waals surface area contributed by atoms with Gasteiger partial charge in [0.25, 0.3) is 5.91 Å². The second-order valence-electron chi connectivity index (χ2n) is 4.93. The van der Waals surface area contributed by atoms with Crippen molar-refractivity contribution in [3.8, 4) is 0 Å². The first-order valence-corrected chi connectivity index (χ1v) is 7.03. The van der Waals surface area contributed by atoms with Crippen LogP contribution in [-0.2, 0) is 0 Å². The summed E-state index contributed by atoms with van der Waals surface area (Å²) in [6.45, 7) is 5.31. The zero-order valence-electron chi connectivity index (χ0n) is 12.4. The molecule has 0 saturated carbocycles. The zero-order chi connectivity index (χ0) is 15.1. The SMILES string of the molecule is Cc1ccc(C(=O)NCCCNc2ncccn2)c(C)c1. The zero-order valence-corrected chi connectivity index (χ0v) is 12.4. The Hall–Kier alpha value is -2.43. The molecule has 2 N–H and O–H groups in total. The van der Waals surface area contributed by atoms with Crippen LogP contribution in [0.3, 0.4) is 0 Å². The van der Waals surface area contributed by atoms with E-state index in [9.17, 15) is 4.79 Å². The van der Waals surface area contributed by atoms with Gasteiger partial charge >= 0.3 is 0 Å². The van der Waals surface area contributed by atoms with Gasteiger partial charge in [-0.05, 0) is 38.0 Å². The average molecular weight is 284 g/mol. The molecule has 0 aliphatic rings. The van der Waals surface area contributed by atoms with Gasteiger partial charge in [-0.1, -0.05) is 17.7 Å². The van der Waals surface area contributed by atoms with Crippen LogP contribution in [0.2, 0.25) is 0 Å². The molecule has 1 aromatic heterocycles. The number of carbonyl (C=O) groups is 1. The van der Waals surface area contributed by atoms with E-state index in [1.54, 1.807) is 18.5 Å². The van der Waals surface area contributed by atoms with Crippen LogP contribution in [0, 0.1) is 13.8 Å². The number of benzene rings is 1. The van der Waals surface area contributed by atoms with E-state index in [1.165, 1.54) is 0 Å². The normalized spacial score (nSPS) is 10.2. The summed E-state index contributed by atoms with van der Waals surface area (Å²) < 4.78 is 0. The van der Waals surface area contributed by atoms with E-state index < -0.39 is 0 Å². The van der Waals surface area contributed by atoms with E-state index in [4.69, 9.17) is 0 Å². The van der Waals surface area contributed by atoms with Crippen LogP contribution in [0.15, 0.2) is 36.7 Å². The molecule has 0 radical (unpaired) electrons. The van der Waals surface area contributed by atoms with Crippen LogP contribution in [-0.4, -0.2) is 29.0 Å². The Kier molecular flexibility index (Phi) is 5.26. The van der Waals surface area contributed by atoms with Crippen molar-refractivity contribution in [2.45, 2.75) is 20.3 Å². The maximum Gasteiger partial charge on any atom is 0.251 e. The molecule has 2 aromatic rings. The third kappa shape index (κ3) is 4.56. The number of hydrogen-bond acceptors (Lipinski definition) is 4. The van der Waals surface area contributed by atoms with Gasteiger partial charge in [0.05, 0.1) is 0 Å². The fourth-order valence-electron chi connectivity index (χ4n) is 2.04. The van der Waals surface area contributed by atoms with Gasteiger partial charge in [-0.2, -0.15) is 0 Å². The fraction of sp³-hybridized carbons (Fsp3) is 0.312. The van der Waals surface area contributed by atoms with E-state index in [0.29, 0.717) is 12.5 Å². The van der Waals surface area contributed by atoms with Gasteiger partial charge in [-0.3, -0.25) is 4.79 Å². The van der Waals surface area contributed by atoms with Crippen LogP contribution in [0.25, 0.3) is 0 Å². The minimum absolute atomic E-state index is 0.0246. The van der Waals surface area contributed by atoms with Crippen LogP contribution in [0.4, 0.5) is 5.95 Å². The van der Waals surface area contributed by atoms with E-state index >= 15 is 0 Å². The molecule has 0 saturated heterocycles. The van der Waals surface area contributed by atoms with E-state index in [0.717, 1.165) is 29.7 Å². The molecule has 0 fully saturated rings. The van der Waals surface area contributed by atoms with Crippen LogP contribution >= 0.6 is 0 Å². The molecule has 0 aliphatic heterocycles. The van der Waals surface area contributed by atoms with Gasteiger partial charge < -0.3 is 10.6 Å². The molecule has 21 heavy (non-hydrogen) atoms. The number of rotatable bonds is 6.